The monoisotopic (exact) mass is 333 g/mol. The molecule has 2 aromatic carbocycles. The molecule has 0 aliphatic heterocycles. The fourth-order valence-electron chi connectivity index (χ4n) is 2.31. The molecule has 25 heavy (non-hydrogen) atoms. The molecule has 0 aliphatic carbocycles. The van der Waals surface area contributed by atoms with Gasteiger partial charge in [-0.05, 0) is 48.9 Å². The summed E-state index contributed by atoms with van der Waals surface area (Å²) in [5.74, 6) is -0.422. The van der Waals surface area contributed by atoms with E-state index < -0.39 is 5.91 Å². The van der Waals surface area contributed by atoms with Crippen LogP contribution < -0.4 is 10.6 Å². The Morgan fingerprint density at radius 1 is 1.32 bits per heavy atom. The number of nitriles is 1. The first-order valence-corrected chi connectivity index (χ1v) is 7.48. The lowest BCUT2D eigenvalue weighted by Crippen LogP contribution is -2.15. The highest BCUT2D eigenvalue weighted by Gasteiger charge is 2.11. The number of carbonyl (C=O) groups excluding carboxylic acids is 1. The van der Waals surface area contributed by atoms with Crippen molar-refractivity contribution < 1.29 is 9.90 Å². The van der Waals surface area contributed by atoms with Gasteiger partial charge >= 0.3 is 0 Å². The normalized spacial score (nSPS) is 11.1. The van der Waals surface area contributed by atoms with Crippen molar-refractivity contribution in [3.05, 3.63) is 60.1 Å². The Bertz CT molecular complexity index is 1010. The number of imidazole rings is 1. The molecule has 0 bridgehead atoms. The van der Waals surface area contributed by atoms with E-state index in [0.717, 1.165) is 16.7 Å². The van der Waals surface area contributed by atoms with Crippen molar-refractivity contribution in [3.8, 4) is 11.8 Å². The van der Waals surface area contributed by atoms with Gasteiger partial charge in [0.2, 0.25) is 0 Å². The van der Waals surface area contributed by atoms with Crippen LogP contribution in [0.3, 0.4) is 0 Å². The summed E-state index contributed by atoms with van der Waals surface area (Å²) < 4.78 is 0. The number of aryl methyl sites for hydroxylation is 1. The number of rotatable bonds is 4. The second-order valence-corrected chi connectivity index (χ2v) is 5.40. The molecule has 0 unspecified atom stereocenters. The number of fused-ring (bicyclic) bond motifs is 1. The summed E-state index contributed by atoms with van der Waals surface area (Å²) in [6.07, 6.45) is 2.95. The molecule has 3 rings (SSSR count). The highest BCUT2D eigenvalue weighted by molar-refractivity contribution is 6.07. The number of aromatic amines is 1. The molecule has 0 radical (unpaired) electrons. The minimum absolute atomic E-state index is 0.0721. The standard InChI is InChI=1S/C18H15N5O2/c1-11-6-14(24)3-5-15(11)23-18(25)12(8-19)9-20-13-2-4-16-17(7-13)22-10-21-16/h2-7,9-10,20,24H,1H3,(H,21,22)(H,23,25)/b12-9-. The van der Waals surface area contributed by atoms with Crippen molar-refractivity contribution in [2.24, 2.45) is 0 Å². The first kappa shape index (κ1) is 16.1. The first-order valence-electron chi connectivity index (χ1n) is 7.48. The van der Waals surface area contributed by atoms with Crippen molar-refractivity contribution in [2.75, 3.05) is 10.6 Å². The van der Waals surface area contributed by atoms with Gasteiger partial charge in [0.1, 0.15) is 17.4 Å². The van der Waals surface area contributed by atoms with Gasteiger partial charge in [0.05, 0.1) is 17.4 Å². The summed E-state index contributed by atoms with van der Waals surface area (Å²) in [4.78, 5) is 19.4. The number of aromatic hydroxyl groups is 1. The van der Waals surface area contributed by atoms with Crippen molar-refractivity contribution >= 4 is 28.3 Å². The van der Waals surface area contributed by atoms with E-state index >= 15 is 0 Å². The van der Waals surface area contributed by atoms with Crippen molar-refractivity contribution in [2.45, 2.75) is 6.92 Å². The lowest BCUT2D eigenvalue weighted by atomic mass is 10.2. The second kappa shape index (κ2) is 6.76. The molecule has 4 N–H and O–H groups in total. The Morgan fingerprint density at radius 2 is 2.16 bits per heavy atom. The quantitative estimate of drug-likeness (QED) is 0.333. The lowest BCUT2D eigenvalue weighted by Gasteiger charge is -2.08. The third-order valence-corrected chi connectivity index (χ3v) is 3.63. The van der Waals surface area contributed by atoms with Gasteiger partial charge in [0, 0.05) is 17.6 Å². The Balaban J connectivity index is 1.75. The zero-order valence-corrected chi connectivity index (χ0v) is 13.4. The number of phenols is 1. The van der Waals surface area contributed by atoms with E-state index in [1.54, 1.807) is 25.4 Å². The van der Waals surface area contributed by atoms with E-state index in [4.69, 9.17) is 0 Å². The van der Waals surface area contributed by atoms with Gasteiger partial charge in [-0.15, -0.1) is 0 Å². The number of nitrogens with one attached hydrogen (secondary N) is 3. The molecule has 0 saturated carbocycles. The van der Waals surface area contributed by atoms with Crippen LogP contribution in [0.5, 0.6) is 5.75 Å². The minimum atomic E-state index is -0.536. The second-order valence-electron chi connectivity index (χ2n) is 5.40. The van der Waals surface area contributed by atoms with E-state index in [1.807, 2.05) is 18.2 Å². The maximum absolute atomic E-state index is 12.3. The van der Waals surface area contributed by atoms with Gasteiger partial charge in [-0.2, -0.15) is 5.26 Å². The van der Waals surface area contributed by atoms with Crippen LogP contribution in [0.4, 0.5) is 11.4 Å². The number of carbonyl (C=O) groups is 1. The Kier molecular flexibility index (Phi) is 4.35. The number of nitrogens with zero attached hydrogens (tertiary/aromatic N) is 2. The van der Waals surface area contributed by atoms with E-state index in [9.17, 15) is 15.2 Å². The minimum Gasteiger partial charge on any atom is -0.508 e. The molecule has 0 spiro atoms. The van der Waals surface area contributed by atoms with Crippen molar-refractivity contribution in [1.29, 1.82) is 5.26 Å². The van der Waals surface area contributed by atoms with Crippen molar-refractivity contribution in [1.82, 2.24) is 9.97 Å². The summed E-state index contributed by atoms with van der Waals surface area (Å²) >= 11 is 0. The number of hydrogen-bond donors (Lipinski definition) is 4. The summed E-state index contributed by atoms with van der Waals surface area (Å²) in [7, 11) is 0. The number of anilines is 2. The van der Waals surface area contributed by atoms with Crippen LogP contribution in [0.25, 0.3) is 11.0 Å². The van der Waals surface area contributed by atoms with Crippen LogP contribution in [0, 0.1) is 18.3 Å². The summed E-state index contributed by atoms with van der Waals surface area (Å²) in [6, 6.07) is 11.9. The molecule has 7 nitrogen and oxygen atoms in total. The van der Waals surface area contributed by atoms with Gasteiger partial charge in [-0.25, -0.2) is 4.98 Å². The molecule has 3 aromatic rings. The average molecular weight is 333 g/mol. The predicted octanol–water partition coefficient (Wildman–Crippen LogP) is 3.04. The fraction of sp³-hybridized carbons (Fsp3) is 0.0556. The number of hydrogen-bond acceptors (Lipinski definition) is 5. The van der Waals surface area contributed by atoms with E-state index in [1.165, 1.54) is 18.3 Å². The molecular weight excluding hydrogens is 318 g/mol. The summed E-state index contributed by atoms with van der Waals surface area (Å²) in [6.45, 7) is 1.75. The van der Waals surface area contributed by atoms with E-state index in [0.29, 0.717) is 11.3 Å². The molecule has 1 aromatic heterocycles. The van der Waals surface area contributed by atoms with Crippen LogP contribution in [-0.4, -0.2) is 21.0 Å². The zero-order chi connectivity index (χ0) is 17.8. The first-order chi connectivity index (χ1) is 12.1. The fourth-order valence-corrected chi connectivity index (χ4v) is 2.31. The molecule has 0 aliphatic rings. The van der Waals surface area contributed by atoms with Gasteiger partial charge < -0.3 is 20.7 Å². The van der Waals surface area contributed by atoms with Gasteiger partial charge in [-0.3, -0.25) is 4.79 Å². The number of aromatic nitrogens is 2. The average Bonchev–Trinajstić information content (AvgIpc) is 3.05. The highest BCUT2D eigenvalue weighted by atomic mass is 16.3. The topological polar surface area (TPSA) is 114 Å². The Hall–Kier alpha value is -3.79. The number of benzene rings is 2. The Morgan fingerprint density at radius 3 is 2.92 bits per heavy atom. The van der Waals surface area contributed by atoms with E-state index in [-0.39, 0.29) is 11.3 Å². The largest absolute Gasteiger partial charge is 0.508 e. The molecule has 1 heterocycles. The number of amides is 1. The van der Waals surface area contributed by atoms with Crippen molar-refractivity contribution in [3.63, 3.8) is 0 Å². The molecule has 124 valence electrons. The maximum atomic E-state index is 12.3. The molecule has 1 amide bonds. The van der Waals surface area contributed by atoms with Crippen LogP contribution in [0.1, 0.15) is 5.56 Å². The van der Waals surface area contributed by atoms with Gasteiger partial charge in [0.15, 0.2) is 0 Å². The molecule has 0 saturated heterocycles. The number of H-pyrrole nitrogens is 1. The molecule has 7 heteroatoms. The smallest absolute Gasteiger partial charge is 0.267 e. The van der Waals surface area contributed by atoms with Crippen LogP contribution >= 0.6 is 0 Å². The highest BCUT2D eigenvalue weighted by Crippen LogP contribution is 2.21. The number of phenolic OH excluding ortho intramolecular Hbond substituents is 1. The third kappa shape index (κ3) is 3.59. The van der Waals surface area contributed by atoms with Crippen LogP contribution in [0.15, 0.2) is 54.5 Å². The maximum Gasteiger partial charge on any atom is 0.267 e. The Labute approximate surface area is 143 Å². The van der Waals surface area contributed by atoms with E-state index in [2.05, 4.69) is 20.6 Å². The third-order valence-electron chi connectivity index (χ3n) is 3.63. The lowest BCUT2D eigenvalue weighted by molar-refractivity contribution is -0.112. The van der Waals surface area contributed by atoms with Crippen LogP contribution in [-0.2, 0) is 4.79 Å². The van der Waals surface area contributed by atoms with Gasteiger partial charge in [0.25, 0.3) is 5.91 Å². The van der Waals surface area contributed by atoms with Gasteiger partial charge in [-0.1, -0.05) is 0 Å². The summed E-state index contributed by atoms with van der Waals surface area (Å²) in [5, 5.41) is 24.2. The van der Waals surface area contributed by atoms with Crippen LogP contribution in [0.2, 0.25) is 0 Å². The molecule has 0 atom stereocenters. The SMILES string of the molecule is Cc1cc(O)ccc1NC(=O)/C(C#N)=C\Nc1ccc2nc[nH]c2c1. The molecule has 0 fully saturated rings. The summed E-state index contributed by atoms with van der Waals surface area (Å²) in [5.41, 5.74) is 3.55. The zero-order valence-electron chi connectivity index (χ0n) is 13.4. The molecular formula is C18H15N5O2. The predicted molar refractivity (Wildman–Crippen MR) is 94.9 cm³/mol.